The maximum Gasteiger partial charge on any atom is 0.227 e. The summed E-state index contributed by atoms with van der Waals surface area (Å²) in [5.41, 5.74) is 5.96. The molecule has 2 aliphatic carbocycles. The molecule has 0 radical (unpaired) electrons. The predicted molar refractivity (Wildman–Crippen MR) is 121 cm³/mol. The van der Waals surface area contributed by atoms with Crippen molar-refractivity contribution in [3.05, 3.63) is 71.6 Å². The van der Waals surface area contributed by atoms with Crippen molar-refractivity contribution >= 4 is 17.5 Å². The van der Waals surface area contributed by atoms with Crippen molar-refractivity contribution < 1.29 is 4.79 Å². The molecule has 3 N–H and O–H groups in total. The lowest BCUT2D eigenvalue weighted by atomic mass is 9.89. The number of benzene rings is 1. The molecule has 0 saturated carbocycles. The first kappa shape index (κ1) is 19.6. The zero-order valence-corrected chi connectivity index (χ0v) is 17.9. The molecule has 33 heavy (non-hydrogen) atoms. The van der Waals surface area contributed by atoms with Gasteiger partial charge in [0.1, 0.15) is 5.69 Å². The minimum atomic E-state index is -0.124. The van der Waals surface area contributed by atoms with E-state index < -0.39 is 0 Å². The van der Waals surface area contributed by atoms with E-state index in [0.717, 1.165) is 42.8 Å². The Morgan fingerprint density at radius 2 is 1.76 bits per heavy atom. The Kier molecular flexibility index (Phi) is 4.82. The number of rotatable bonds is 5. The number of aromatic nitrogens is 7. The summed E-state index contributed by atoms with van der Waals surface area (Å²) >= 11 is 0. The molecule has 2 aliphatic rings. The molecule has 0 saturated heterocycles. The zero-order chi connectivity index (χ0) is 22.2. The molecule has 10 nitrogen and oxygen atoms in total. The second-order valence-electron chi connectivity index (χ2n) is 8.60. The van der Waals surface area contributed by atoms with Gasteiger partial charge in [0.25, 0.3) is 0 Å². The van der Waals surface area contributed by atoms with Crippen molar-refractivity contribution in [1.29, 1.82) is 0 Å². The van der Waals surface area contributed by atoms with Crippen LogP contribution in [0.5, 0.6) is 0 Å². The van der Waals surface area contributed by atoms with Crippen LogP contribution in [0.3, 0.4) is 0 Å². The lowest BCUT2D eigenvalue weighted by molar-refractivity contribution is -0.120. The second kappa shape index (κ2) is 8.12. The van der Waals surface area contributed by atoms with Gasteiger partial charge in [-0.2, -0.15) is 20.5 Å². The summed E-state index contributed by atoms with van der Waals surface area (Å²) in [7, 11) is 0. The number of hydrogen-bond donors (Lipinski definition) is 3. The monoisotopic (exact) mass is 441 g/mol. The van der Waals surface area contributed by atoms with Crippen molar-refractivity contribution in [2.24, 2.45) is 5.92 Å². The molecule has 0 fully saturated rings. The van der Waals surface area contributed by atoms with Crippen LogP contribution in [-0.2, 0) is 30.5 Å². The van der Waals surface area contributed by atoms with Crippen molar-refractivity contribution in [3.63, 3.8) is 0 Å². The quantitative estimate of drug-likeness (QED) is 0.433. The first-order valence-corrected chi connectivity index (χ1v) is 11.1. The van der Waals surface area contributed by atoms with Crippen LogP contribution in [-0.4, -0.2) is 47.1 Å². The normalized spacial score (nSPS) is 17.4. The maximum absolute atomic E-state index is 12.7. The predicted octanol–water partition coefficient (Wildman–Crippen LogP) is 2.10. The average molecular weight is 441 g/mol. The van der Waals surface area contributed by atoms with Gasteiger partial charge in [-0.1, -0.05) is 24.3 Å². The van der Waals surface area contributed by atoms with Gasteiger partial charge in [0.2, 0.25) is 11.9 Å². The summed E-state index contributed by atoms with van der Waals surface area (Å²) in [6.07, 6.45) is 10.9. The van der Waals surface area contributed by atoms with Crippen molar-refractivity contribution in [1.82, 2.24) is 35.2 Å². The average Bonchev–Trinajstić information content (AvgIpc) is 3.58. The molecular formula is C23H23N9O. The van der Waals surface area contributed by atoms with Crippen LogP contribution < -0.4 is 10.6 Å². The molecular weight excluding hydrogens is 418 g/mol. The number of amides is 1. The zero-order valence-electron chi connectivity index (χ0n) is 17.9. The van der Waals surface area contributed by atoms with Gasteiger partial charge in [-0.15, -0.1) is 0 Å². The van der Waals surface area contributed by atoms with Gasteiger partial charge in [0.05, 0.1) is 41.9 Å². The fourth-order valence-corrected chi connectivity index (χ4v) is 4.64. The van der Waals surface area contributed by atoms with Gasteiger partial charge >= 0.3 is 0 Å². The topological polar surface area (TPSA) is 126 Å². The van der Waals surface area contributed by atoms with E-state index in [1.807, 2.05) is 0 Å². The number of carbonyl (C=O) groups is 1. The third kappa shape index (κ3) is 3.95. The van der Waals surface area contributed by atoms with Crippen LogP contribution >= 0.6 is 0 Å². The fraction of sp³-hybridized carbons (Fsp3) is 0.304. The molecule has 1 aromatic carbocycles. The Balaban J connectivity index is 1.07. The lowest BCUT2D eigenvalue weighted by Gasteiger charge is -2.19. The van der Waals surface area contributed by atoms with Gasteiger partial charge in [0.15, 0.2) is 0 Å². The largest absolute Gasteiger partial charge is 0.351 e. The Morgan fingerprint density at radius 1 is 1.00 bits per heavy atom. The molecule has 3 heterocycles. The smallest absolute Gasteiger partial charge is 0.227 e. The molecule has 0 bridgehead atoms. The summed E-state index contributed by atoms with van der Waals surface area (Å²) in [6, 6.07) is 8.81. The van der Waals surface area contributed by atoms with Crippen LogP contribution in [0, 0.1) is 5.92 Å². The molecule has 166 valence electrons. The van der Waals surface area contributed by atoms with Gasteiger partial charge in [-0.3, -0.25) is 4.79 Å². The molecule has 3 aromatic heterocycles. The Bertz CT molecular complexity index is 1270. The number of anilines is 2. The Hall–Kier alpha value is -4.08. The van der Waals surface area contributed by atoms with E-state index in [4.69, 9.17) is 0 Å². The molecule has 0 spiro atoms. The van der Waals surface area contributed by atoms with E-state index in [0.29, 0.717) is 24.1 Å². The Morgan fingerprint density at radius 3 is 2.55 bits per heavy atom. The van der Waals surface area contributed by atoms with Gasteiger partial charge in [0, 0.05) is 18.4 Å². The molecule has 6 rings (SSSR count). The standard InChI is InChI=1S/C23H23N9O/c33-22(16-5-6-20-21(9-16)30-31-29-20)27-18-10-26-32(13-18)19-11-24-23(25-12-19)28-17-7-14-3-1-2-4-15(14)8-17/h1-4,10-13,16-17H,5-9H2,(H,27,33)(H,24,25,28)(H,29,30,31). The van der Waals surface area contributed by atoms with Crippen LogP contribution in [0.25, 0.3) is 5.69 Å². The number of H-pyrrole nitrogens is 1. The number of carbonyl (C=O) groups excluding carboxylic acids is 1. The first-order chi connectivity index (χ1) is 16.2. The number of aromatic amines is 1. The lowest BCUT2D eigenvalue weighted by Crippen LogP contribution is -2.28. The number of aryl methyl sites for hydroxylation is 1. The Labute approximate surface area is 189 Å². The SMILES string of the molecule is O=C(Nc1cnn(-c2cnc(NC3Cc4ccccc4C3)nc2)c1)C1CCc2n[nH]nc2C1. The summed E-state index contributed by atoms with van der Waals surface area (Å²) in [6.45, 7) is 0. The third-order valence-corrected chi connectivity index (χ3v) is 6.38. The van der Waals surface area contributed by atoms with Gasteiger partial charge in [-0.25, -0.2) is 14.6 Å². The number of hydrogen-bond acceptors (Lipinski definition) is 7. The van der Waals surface area contributed by atoms with Crippen molar-refractivity contribution in [2.75, 3.05) is 10.6 Å². The summed E-state index contributed by atoms with van der Waals surface area (Å²) in [5.74, 6) is 0.444. The van der Waals surface area contributed by atoms with E-state index in [9.17, 15) is 4.79 Å². The summed E-state index contributed by atoms with van der Waals surface area (Å²) in [4.78, 5) is 21.6. The van der Waals surface area contributed by atoms with Crippen LogP contribution in [0.15, 0.2) is 49.1 Å². The molecule has 10 heteroatoms. The number of fused-ring (bicyclic) bond motifs is 2. The molecule has 0 aliphatic heterocycles. The molecule has 1 unspecified atom stereocenters. The van der Waals surface area contributed by atoms with E-state index >= 15 is 0 Å². The van der Waals surface area contributed by atoms with Crippen LogP contribution in [0.4, 0.5) is 11.6 Å². The van der Waals surface area contributed by atoms with E-state index in [1.165, 1.54) is 11.1 Å². The minimum absolute atomic E-state index is 0.0310. The highest BCUT2D eigenvalue weighted by Gasteiger charge is 2.27. The highest BCUT2D eigenvalue weighted by molar-refractivity contribution is 5.92. The number of nitrogens with zero attached hydrogens (tertiary/aromatic N) is 6. The highest BCUT2D eigenvalue weighted by atomic mass is 16.1. The van der Waals surface area contributed by atoms with E-state index in [1.54, 1.807) is 29.5 Å². The second-order valence-corrected chi connectivity index (χ2v) is 8.60. The van der Waals surface area contributed by atoms with Crippen LogP contribution in [0.1, 0.15) is 28.9 Å². The minimum Gasteiger partial charge on any atom is -0.351 e. The van der Waals surface area contributed by atoms with Gasteiger partial charge in [-0.05, 0) is 36.8 Å². The fourth-order valence-electron chi connectivity index (χ4n) is 4.64. The van der Waals surface area contributed by atoms with Crippen molar-refractivity contribution in [2.45, 2.75) is 38.1 Å². The van der Waals surface area contributed by atoms with Crippen LogP contribution in [0.2, 0.25) is 0 Å². The van der Waals surface area contributed by atoms with E-state index in [-0.39, 0.29) is 11.8 Å². The molecule has 1 atom stereocenters. The first-order valence-electron chi connectivity index (χ1n) is 11.1. The summed E-state index contributed by atoms with van der Waals surface area (Å²) < 4.78 is 1.65. The summed E-state index contributed by atoms with van der Waals surface area (Å²) in [5, 5.41) is 21.6. The van der Waals surface area contributed by atoms with E-state index in [2.05, 4.69) is 65.4 Å². The molecule has 1 amide bonds. The maximum atomic E-state index is 12.7. The number of nitrogens with one attached hydrogen (secondary N) is 3. The van der Waals surface area contributed by atoms with Gasteiger partial charge < -0.3 is 10.6 Å². The highest BCUT2D eigenvalue weighted by Crippen LogP contribution is 2.25. The molecule has 4 aromatic rings. The van der Waals surface area contributed by atoms with Crippen molar-refractivity contribution in [3.8, 4) is 5.69 Å². The third-order valence-electron chi connectivity index (χ3n) is 6.38.